The van der Waals surface area contributed by atoms with Crippen molar-refractivity contribution in [3.05, 3.63) is 41.1 Å². The molecule has 2 N–H and O–H groups in total. The van der Waals surface area contributed by atoms with Crippen LogP contribution in [0.25, 0.3) is 10.9 Å². The summed E-state index contributed by atoms with van der Waals surface area (Å²) in [5.41, 5.74) is 2.35. The number of rotatable bonds is 1. The van der Waals surface area contributed by atoms with Crippen LogP contribution in [0.3, 0.4) is 0 Å². The molecular weight excluding hydrogens is 342 g/mol. The first-order valence-corrected chi connectivity index (χ1v) is 9.55. The Kier molecular flexibility index (Phi) is 4.38. The van der Waals surface area contributed by atoms with Crippen molar-refractivity contribution in [3.8, 4) is 0 Å². The third-order valence-electron chi connectivity index (χ3n) is 6.08. The van der Waals surface area contributed by atoms with Crippen molar-refractivity contribution in [2.24, 2.45) is 5.41 Å². The summed E-state index contributed by atoms with van der Waals surface area (Å²) in [6.07, 6.45) is 1.14. The van der Waals surface area contributed by atoms with Crippen LogP contribution >= 0.6 is 0 Å². The quantitative estimate of drug-likeness (QED) is 0.807. The largest absolute Gasteiger partial charge is 0.392 e. The average molecular weight is 367 g/mol. The molecule has 2 saturated heterocycles. The highest BCUT2D eigenvalue weighted by molar-refractivity contribution is 5.99. The normalized spacial score (nSPS) is 25.7. The lowest BCUT2D eigenvalue weighted by Gasteiger charge is -2.46. The van der Waals surface area contributed by atoms with Gasteiger partial charge >= 0.3 is 0 Å². The van der Waals surface area contributed by atoms with E-state index in [0.29, 0.717) is 37.2 Å². The van der Waals surface area contributed by atoms with Crippen LogP contribution in [0, 0.1) is 19.3 Å². The molecule has 142 valence electrons. The summed E-state index contributed by atoms with van der Waals surface area (Å²) in [4.78, 5) is 32.2. The van der Waals surface area contributed by atoms with Crippen LogP contribution in [0.4, 0.5) is 0 Å². The number of para-hydroxylation sites is 1. The smallest absolute Gasteiger partial charge is 0.255 e. The number of aliphatic hydroxyl groups excluding tert-OH is 1. The second-order valence-corrected chi connectivity index (χ2v) is 7.81. The number of nitrogens with one attached hydrogen (secondary N) is 1. The molecule has 27 heavy (non-hydrogen) atoms. The van der Waals surface area contributed by atoms with Crippen LogP contribution in [0.1, 0.15) is 40.9 Å². The zero-order valence-electron chi connectivity index (χ0n) is 15.8. The number of hydrogen-bond donors (Lipinski definition) is 2. The van der Waals surface area contributed by atoms with Crippen LogP contribution in [-0.2, 0) is 4.79 Å². The maximum Gasteiger partial charge on any atom is 0.255 e. The summed E-state index contributed by atoms with van der Waals surface area (Å²) in [5.74, 6) is -0.254. The minimum atomic E-state index is -0.888. The molecule has 6 heteroatoms. The third kappa shape index (κ3) is 2.88. The molecule has 2 aliphatic rings. The van der Waals surface area contributed by atoms with Gasteiger partial charge in [0.2, 0.25) is 5.91 Å². The van der Waals surface area contributed by atoms with Crippen LogP contribution < -0.4 is 5.32 Å². The van der Waals surface area contributed by atoms with E-state index in [0.717, 1.165) is 22.9 Å². The van der Waals surface area contributed by atoms with Gasteiger partial charge in [0.25, 0.3) is 5.91 Å². The number of amides is 2. The van der Waals surface area contributed by atoms with E-state index in [1.165, 1.54) is 0 Å². The molecule has 0 unspecified atom stereocenters. The van der Waals surface area contributed by atoms with Gasteiger partial charge in [-0.25, -0.2) is 0 Å². The Morgan fingerprint density at radius 1 is 1.37 bits per heavy atom. The zero-order valence-corrected chi connectivity index (χ0v) is 15.8. The summed E-state index contributed by atoms with van der Waals surface area (Å²) in [7, 11) is 0. The maximum atomic E-state index is 13.3. The van der Waals surface area contributed by atoms with Crippen molar-refractivity contribution < 1.29 is 14.7 Å². The number of likely N-dealkylation sites (tertiary alicyclic amines) is 1. The van der Waals surface area contributed by atoms with E-state index < -0.39 is 11.5 Å². The Hall–Kier alpha value is -2.47. The van der Waals surface area contributed by atoms with Crippen molar-refractivity contribution in [3.63, 3.8) is 0 Å². The number of carbonyl (C=O) groups excluding carboxylic acids is 2. The number of pyridine rings is 1. The molecule has 0 aliphatic carbocycles. The lowest BCUT2D eigenvalue weighted by molar-refractivity contribution is -0.147. The first kappa shape index (κ1) is 17.9. The van der Waals surface area contributed by atoms with Gasteiger partial charge in [0.05, 0.1) is 28.3 Å². The molecule has 2 atom stereocenters. The minimum absolute atomic E-state index is 0.118. The van der Waals surface area contributed by atoms with Gasteiger partial charge in [-0.1, -0.05) is 18.2 Å². The van der Waals surface area contributed by atoms with E-state index in [1.807, 2.05) is 38.1 Å². The molecule has 0 bridgehead atoms. The second-order valence-electron chi connectivity index (χ2n) is 7.81. The van der Waals surface area contributed by atoms with Gasteiger partial charge in [-0.2, -0.15) is 0 Å². The molecule has 1 aromatic carbocycles. The van der Waals surface area contributed by atoms with Gasteiger partial charge in [-0.15, -0.1) is 0 Å². The maximum absolute atomic E-state index is 13.3. The molecule has 0 radical (unpaired) electrons. The van der Waals surface area contributed by atoms with Crippen molar-refractivity contribution in [2.75, 3.05) is 19.6 Å². The zero-order chi connectivity index (χ0) is 19.2. The molecule has 2 aliphatic heterocycles. The average Bonchev–Trinajstić information content (AvgIpc) is 2.66. The molecule has 0 saturated carbocycles. The number of hydrogen-bond acceptors (Lipinski definition) is 4. The third-order valence-corrected chi connectivity index (χ3v) is 6.08. The van der Waals surface area contributed by atoms with Gasteiger partial charge in [0.1, 0.15) is 0 Å². The summed E-state index contributed by atoms with van der Waals surface area (Å²) < 4.78 is 0. The van der Waals surface area contributed by atoms with Crippen LogP contribution in [0.15, 0.2) is 24.3 Å². The van der Waals surface area contributed by atoms with E-state index >= 15 is 0 Å². The van der Waals surface area contributed by atoms with Crippen LogP contribution in [0.5, 0.6) is 0 Å². The number of benzene rings is 1. The van der Waals surface area contributed by atoms with Crippen molar-refractivity contribution >= 4 is 22.7 Å². The van der Waals surface area contributed by atoms with Crippen molar-refractivity contribution in [2.45, 2.75) is 39.2 Å². The Balaban J connectivity index is 1.67. The SMILES string of the molecule is Cc1nc2c(C)cccc2cc1C(=O)N1CC[C@H](O)[C@@]2(CCCNC2=O)C1. The lowest BCUT2D eigenvalue weighted by Crippen LogP contribution is -2.62. The molecule has 2 amide bonds. The van der Waals surface area contributed by atoms with Crippen LogP contribution in [0.2, 0.25) is 0 Å². The van der Waals surface area contributed by atoms with Gasteiger partial charge in [-0.05, 0) is 44.7 Å². The molecular formula is C21H25N3O3. The predicted octanol–water partition coefficient (Wildman–Crippen LogP) is 1.95. The Labute approximate surface area is 158 Å². The van der Waals surface area contributed by atoms with E-state index in [-0.39, 0.29) is 18.4 Å². The first-order valence-electron chi connectivity index (χ1n) is 9.55. The summed E-state index contributed by atoms with van der Waals surface area (Å²) >= 11 is 0. The van der Waals surface area contributed by atoms with Crippen LogP contribution in [-0.4, -0.2) is 52.5 Å². The minimum Gasteiger partial charge on any atom is -0.392 e. The molecule has 1 spiro atoms. The fourth-order valence-electron chi connectivity index (χ4n) is 4.44. The predicted molar refractivity (Wildman–Crippen MR) is 102 cm³/mol. The topological polar surface area (TPSA) is 82.5 Å². The lowest BCUT2D eigenvalue weighted by atomic mass is 9.71. The Bertz CT molecular complexity index is 926. The fourth-order valence-corrected chi connectivity index (χ4v) is 4.44. The number of carbonyl (C=O) groups is 2. The molecule has 1 aromatic heterocycles. The van der Waals surface area contributed by atoms with Gasteiger partial charge < -0.3 is 15.3 Å². The summed E-state index contributed by atoms with van der Waals surface area (Å²) in [6.45, 7) is 5.19. The highest BCUT2D eigenvalue weighted by atomic mass is 16.3. The molecule has 6 nitrogen and oxygen atoms in total. The highest BCUT2D eigenvalue weighted by Gasteiger charge is 2.50. The van der Waals surface area contributed by atoms with E-state index in [4.69, 9.17) is 0 Å². The number of aromatic nitrogens is 1. The molecule has 2 fully saturated rings. The Morgan fingerprint density at radius 3 is 2.96 bits per heavy atom. The summed E-state index contributed by atoms with van der Waals surface area (Å²) in [6, 6.07) is 7.82. The van der Waals surface area contributed by atoms with Crippen molar-refractivity contribution in [1.82, 2.24) is 15.2 Å². The Morgan fingerprint density at radius 2 is 2.19 bits per heavy atom. The van der Waals surface area contributed by atoms with E-state index in [1.54, 1.807) is 4.90 Å². The monoisotopic (exact) mass is 367 g/mol. The first-order chi connectivity index (χ1) is 12.9. The molecule has 4 rings (SSSR count). The number of piperidine rings is 2. The standard InChI is InChI=1S/C21H25N3O3/c1-13-5-3-6-15-11-16(14(2)23-18(13)15)19(26)24-10-7-17(25)21(12-24)8-4-9-22-20(21)27/h3,5-6,11,17,25H,4,7-10,12H2,1-2H3,(H,22,27)/t17-,21+/m0/s1. The highest BCUT2D eigenvalue weighted by Crippen LogP contribution is 2.38. The molecule has 2 aromatic rings. The van der Waals surface area contributed by atoms with E-state index in [2.05, 4.69) is 10.3 Å². The van der Waals surface area contributed by atoms with Gasteiger partial charge in [0, 0.05) is 25.0 Å². The number of aliphatic hydroxyl groups is 1. The molecule has 3 heterocycles. The number of aryl methyl sites for hydroxylation is 2. The number of nitrogens with zero attached hydrogens (tertiary/aromatic N) is 2. The van der Waals surface area contributed by atoms with E-state index in [9.17, 15) is 14.7 Å². The number of fused-ring (bicyclic) bond motifs is 1. The fraction of sp³-hybridized carbons (Fsp3) is 0.476. The van der Waals surface area contributed by atoms with Gasteiger partial charge in [0.15, 0.2) is 0 Å². The second kappa shape index (κ2) is 6.60. The van der Waals surface area contributed by atoms with Gasteiger partial charge in [-0.3, -0.25) is 14.6 Å². The van der Waals surface area contributed by atoms with Crippen molar-refractivity contribution in [1.29, 1.82) is 0 Å². The summed E-state index contributed by atoms with van der Waals surface area (Å²) in [5, 5.41) is 14.3.